The van der Waals surface area contributed by atoms with Crippen LogP contribution in [0.1, 0.15) is 21.6 Å². The second kappa shape index (κ2) is 9.07. The van der Waals surface area contributed by atoms with E-state index in [1.165, 1.54) is 4.90 Å². The number of nitrogens with zero attached hydrogens (tertiary/aromatic N) is 2. The Hall–Kier alpha value is -3.91. The average Bonchev–Trinajstić information content (AvgIpc) is 2.85. The molecule has 2 aromatic carbocycles. The maximum atomic E-state index is 13.5. The lowest BCUT2D eigenvalue weighted by molar-refractivity contribution is -0.120. The number of hydrogen-bond donors (Lipinski definition) is 3. The first-order valence-corrected chi connectivity index (χ1v) is 10.2. The smallest absolute Gasteiger partial charge is 0.409 e. The maximum Gasteiger partial charge on any atom is 0.409 e. The number of pyridine rings is 1. The van der Waals surface area contributed by atoms with Gasteiger partial charge in [-0.15, -0.1) is 0 Å². The van der Waals surface area contributed by atoms with Gasteiger partial charge >= 0.3 is 6.09 Å². The van der Waals surface area contributed by atoms with E-state index < -0.39 is 12.1 Å². The monoisotopic (exact) mass is 450 g/mol. The molecular formula is C23H19ClN4O4. The molecule has 1 aliphatic heterocycles. The minimum absolute atomic E-state index is 0.152. The molecule has 3 amide bonds. The highest BCUT2D eigenvalue weighted by Crippen LogP contribution is 2.28. The van der Waals surface area contributed by atoms with Gasteiger partial charge in [0.05, 0.1) is 11.3 Å². The predicted octanol–water partition coefficient (Wildman–Crippen LogP) is 4.03. The van der Waals surface area contributed by atoms with E-state index in [1.54, 1.807) is 60.8 Å². The Balaban J connectivity index is 1.69. The molecule has 0 spiro atoms. The summed E-state index contributed by atoms with van der Waals surface area (Å²) in [5.74, 6) is -0.655. The zero-order valence-corrected chi connectivity index (χ0v) is 17.5. The first-order chi connectivity index (χ1) is 15.4. The van der Waals surface area contributed by atoms with Gasteiger partial charge in [0, 0.05) is 35.6 Å². The van der Waals surface area contributed by atoms with Crippen molar-refractivity contribution in [1.29, 1.82) is 0 Å². The quantitative estimate of drug-likeness (QED) is 0.543. The van der Waals surface area contributed by atoms with Crippen LogP contribution in [0.5, 0.6) is 0 Å². The number of nitrogens with one attached hydrogen (secondary N) is 2. The Bertz CT molecular complexity index is 1170. The van der Waals surface area contributed by atoms with Crippen molar-refractivity contribution >= 4 is 40.9 Å². The molecule has 9 heteroatoms. The normalized spacial score (nSPS) is 15.5. The number of aromatic nitrogens is 1. The molecule has 0 saturated heterocycles. The van der Waals surface area contributed by atoms with Gasteiger partial charge in [0.2, 0.25) is 5.91 Å². The van der Waals surface area contributed by atoms with Gasteiger partial charge in [0.25, 0.3) is 5.91 Å². The zero-order valence-electron chi connectivity index (χ0n) is 16.8. The number of hydrogen-bond acceptors (Lipinski definition) is 4. The van der Waals surface area contributed by atoms with E-state index in [0.717, 1.165) is 5.56 Å². The summed E-state index contributed by atoms with van der Waals surface area (Å²) in [5, 5.41) is 14.4. The van der Waals surface area contributed by atoms with Gasteiger partial charge in [0.1, 0.15) is 6.04 Å². The van der Waals surface area contributed by atoms with Gasteiger partial charge in [0.15, 0.2) is 0 Å². The lowest BCUT2D eigenvalue weighted by atomic mass is 10.1. The molecule has 1 unspecified atom stereocenters. The summed E-state index contributed by atoms with van der Waals surface area (Å²) in [4.78, 5) is 43.3. The summed E-state index contributed by atoms with van der Waals surface area (Å²) in [6.07, 6.45) is 0.709. The Labute approximate surface area is 188 Å². The highest BCUT2D eigenvalue weighted by molar-refractivity contribution is 6.31. The molecule has 1 aliphatic rings. The molecule has 0 aliphatic carbocycles. The van der Waals surface area contributed by atoms with Crippen LogP contribution >= 0.6 is 11.6 Å². The van der Waals surface area contributed by atoms with E-state index >= 15 is 0 Å². The second-order valence-corrected chi connectivity index (χ2v) is 7.72. The fraction of sp³-hybridized carbons (Fsp3) is 0.130. The van der Waals surface area contributed by atoms with Crippen molar-refractivity contribution in [2.24, 2.45) is 0 Å². The summed E-state index contributed by atoms with van der Waals surface area (Å²) in [6.45, 7) is 0.152. The van der Waals surface area contributed by atoms with E-state index in [4.69, 9.17) is 16.7 Å². The fourth-order valence-electron chi connectivity index (χ4n) is 3.58. The summed E-state index contributed by atoms with van der Waals surface area (Å²) < 4.78 is 0. The molecule has 162 valence electrons. The predicted molar refractivity (Wildman–Crippen MR) is 120 cm³/mol. The van der Waals surface area contributed by atoms with Gasteiger partial charge in [-0.25, -0.2) is 4.79 Å². The van der Waals surface area contributed by atoms with Gasteiger partial charge in [-0.3, -0.25) is 19.9 Å². The Morgan fingerprint density at radius 2 is 1.91 bits per heavy atom. The van der Waals surface area contributed by atoms with E-state index in [2.05, 4.69) is 15.6 Å². The average molecular weight is 451 g/mol. The number of fused-ring (bicyclic) bond motifs is 1. The molecule has 0 saturated carbocycles. The van der Waals surface area contributed by atoms with Crippen LogP contribution in [0.15, 0.2) is 66.9 Å². The first-order valence-electron chi connectivity index (χ1n) is 9.81. The Morgan fingerprint density at radius 3 is 2.59 bits per heavy atom. The number of anilines is 2. The molecule has 1 atom stereocenters. The minimum atomic E-state index is -1.16. The van der Waals surface area contributed by atoms with Crippen LogP contribution in [0.2, 0.25) is 5.02 Å². The van der Waals surface area contributed by atoms with Crippen LogP contribution in [0.4, 0.5) is 16.2 Å². The third kappa shape index (κ3) is 4.70. The highest BCUT2D eigenvalue weighted by atomic mass is 35.5. The topological polar surface area (TPSA) is 112 Å². The van der Waals surface area contributed by atoms with Crippen molar-refractivity contribution < 1.29 is 19.5 Å². The lowest BCUT2D eigenvalue weighted by Crippen LogP contribution is -2.46. The molecule has 8 nitrogen and oxygen atoms in total. The summed E-state index contributed by atoms with van der Waals surface area (Å²) in [6, 6.07) is 16.0. The molecule has 2 heterocycles. The molecule has 3 aromatic rings. The van der Waals surface area contributed by atoms with Crippen LogP contribution in [0.25, 0.3) is 0 Å². The number of rotatable bonds is 5. The van der Waals surface area contributed by atoms with Gasteiger partial charge in [-0.2, -0.15) is 0 Å². The van der Waals surface area contributed by atoms with Crippen molar-refractivity contribution in [2.75, 3.05) is 10.6 Å². The van der Waals surface area contributed by atoms with E-state index in [1.807, 2.05) is 6.07 Å². The maximum absolute atomic E-state index is 13.5. The molecule has 0 fully saturated rings. The van der Waals surface area contributed by atoms with Crippen molar-refractivity contribution in [1.82, 2.24) is 9.88 Å². The third-order valence-electron chi connectivity index (χ3n) is 5.10. The van der Waals surface area contributed by atoms with Gasteiger partial charge in [-0.05, 0) is 48.0 Å². The molecule has 4 rings (SSSR count). The molecule has 32 heavy (non-hydrogen) atoms. The minimum Gasteiger partial charge on any atom is -0.465 e. The fourth-order valence-corrected chi connectivity index (χ4v) is 3.75. The van der Waals surface area contributed by atoms with Crippen molar-refractivity contribution in [3.63, 3.8) is 0 Å². The summed E-state index contributed by atoms with van der Waals surface area (Å²) in [5.41, 5.74) is 2.53. The number of carbonyl (C=O) groups excluding carboxylic acids is 2. The number of carboxylic acid groups (broad SMARTS) is 1. The SMILES string of the molecule is O=C(O)Nc1ccc(CN2C(=O)c3ccc(Cl)cc3NC(=O)C2Cc2ccccn2)cc1. The lowest BCUT2D eigenvalue weighted by Gasteiger charge is -2.28. The Morgan fingerprint density at radius 1 is 1.12 bits per heavy atom. The standard InChI is InChI=1S/C23H19ClN4O4/c24-15-6-9-18-19(11-15)27-21(29)20(12-17-3-1-2-10-25-17)28(22(18)30)13-14-4-7-16(8-5-14)26-23(31)32/h1-11,20,26H,12-13H2,(H,27,29)(H,31,32). The van der Waals surface area contributed by atoms with Crippen LogP contribution in [0, 0.1) is 0 Å². The number of halogens is 1. The third-order valence-corrected chi connectivity index (χ3v) is 5.33. The molecule has 3 N–H and O–H groups in total. The van der Waals surface area contributed by atoms with Crippen LogP contribution in [0.3, 0.4) is 0 Å². The Kier molecular flexibility index (Phi) is 6.04. The van der Waals surface area contributed by atoms with Gasteiger partial charge in [-0.1, -0.05) is 29.8 Å². The van der Waals surface area contributed by atoms with Crippen LogP contribution in [-0.2, 0) is 17.8 Å². The van der Waals surface area contributed by atoms with E-state index in [0.29, 0.717) is 27.7 Å². The summed E-state index contributed by atoms with van der Waals surface area (Å²) in [7, 11) is 0. The summed E-state index contributed by atoms with van der Waals surface area (Å²) >= 11 is 6.07. The molecule has 0 bridgehead atoms. The zero-order chi connectivity index (χ0) is 22.7. The number of amides is 3. The second-order valence-electron chi connectivity index (χ2n) is 7.28. The van der Waals surface area contributed by atoms with Crippen LogP contribution in [-0.4, -0.2) is 38.9 Å². The molecule has 1 aromatic heterocycles. The first kappa shape index (κ1) is 21.3. The van der Waals surface area contributed by atoms with Gasteiger partial charge < -0.3 is 15.3 Å². The van der Waals surface area contributed by atoms with Crippen molar-refractivity contribution in [2.45, 2.75) is 19.0 Å². The molecular weight excluding hydrogens is 432 g/mol. The van der Waals surface area contributed by atoms with Crippen LogP contribution < -0.4 is 10.6 Å². The highest BCUT2D eigenvalue weighted by Gasteiger charge is 2.35. The largest absolute Gasteiger partial charge is 0.465 e. The van der Waals surface area contributed by atoms with Crippen molar-refractivity contribution in [3.8, 4) is 0 Å². The number of benzene rings is 2. The number of carbonyl (C=O) groups is 3. The molecule has 0 radical (unpaired) electrons. The van der Waals surface area contributed by atoms with E-state index in [-0.39, 0.29) is 24.8 Å². The van der Waals surface area contributed by atoms with Crippen molar-refractivity contribution in [3.05, 3.63) is 88.7 Å². The van der Waals surface area contributed by atoms with E-state index in [9.17, 15) is 14.4 Å².